The van der Waals surface area contributed by atoms with Crippen LogP contribution in [0, 0.1) is 0 Å². The number of guanidine groups is 1. The molecule has 0 amide bonds. The lowest BCUT2D eigenvalue weighted by Gasteiger charge is -2.16. The second-order valence-electron chi connectivity index (χ2n) is 7.00. The van der Waals surface area contributed by atoms with Crippen LogP contribution in [0.3, 0.4) is 0 Å². The first kappa shape index (κ1) is 24.7. The molecule has 0 aliphatic rings. The van der Waals surface area contributed by atoms with Gasteiger partial charge < -0.3 is 16.8 Å². The number of nitrogens with zero attached hydrogens (tertiary/aromatic N) is 4. The first-order chi connectivity index (χ1) is 15.8. The van der Waals surface area contributed by atoms with Crippen molar-refractivity contribution in [2.75, 3.05) is 24.7 Å². The summed E-state index contributed by atoms with van der Waals surface area (Å²) in [5.74, 6) is 0.0863. The Balaban J connectivity index is 1.99. The number of halogens is 2. The third kappa shape index (κ3) is 6.53. The molecule has 0 atom stereocenters. The van der Waals surface area contributed by atoms with Gasteiger partial charge in [-0.25, -0.2) is 14.2 Å². The van der Waals surface area contributed by atoms with Gasteiger partial charge in [0.05, 0.1) is 29.7 Å². The molecule has 0 unspecified atom stereocenters. The Hall–Kier alpha value is -2.95. The summed E-state index contributed by atoms with van der Waals surface area (Å²) in [6.45, 7) is 0.757. The predicted molar refractivity (Wildman–Crippen MR) is 135 cm³/mol. The summed E-state index contributed by atoms with van der Waals surface area (Å²) in [4.78, 5) is 35.2. The van der Waals surface area contributed by atoms with Gasteiger partial charge in [-0.15, -0.1) is 11.8 Å². The number of hydrogen-bond donors (Lipinski definition) is 3. The smallest absolute Gasteiger partial charge is 0.355 e. The van der Waals surface area contributed by atoms with Crippen molar-refractivity contribution in [1.29, 1.82) is 0 Å². The van der Waals surface area contributed by atoms with Crippen LogP contribution < -0.4 is 28.2 Å². The van der Waals surface area contributed by atoms with E-state index in [1.54, 1.807) is 30.0 Å². The molecule has 12 heteroatoms. The Labute approximate surface area is 204 Å². The third-order valence-electron chi connectivity index (χ3n) is 4.66. The van der Waals surface area contributed by atoms with E-state index in [1.165, 1.54) is 4.57 Å². The van der Waals surface area contributed by atoms with Gasteiger partial charge in [0, 0.05) is 11.4 Å². The molecule has 3 aromatic rings. The first-order valence-corrected chi connectivity index (χ1v) is 11.8. The van der Waals surface area contributed by atoms with Gasteiger partial charge in [-0.05, 0) is 41.6 Å². The quantitative estimate of drug-likeness (QED) is 0.175. The Morgan fingerprint density at radius 1 is 1.03 bits per heavy atom. The zero-order chi connectivity index (χ0) is 24.0. The molecule has 174 valence electrons. The predicted octanol–water partition coefficient (Wildman–Crippen LogP) is 2.22. The van der Waals surface area contributed by atoms with Crippen LogP contribution >= 0.6 is 35.0 Å². The molecule has 0 fully saturated rings. The highest BCUT2D eigenvalue weighted by Crippen LogP contribution is 2.22. The number of nitrogens with two attached hydrogens (primary N) is 2. The number of hydrogen-bond acceptors (Lipinski definition) is 6. The Bertz CT molecular complexity index is 1270. The lowest BCUT2D eigenvalue weighted by molar-refractivity contribution is 0.586. The highest BCUT2D eigenvalue weighted by atomic mass is 35.5. The van der Waals surface area contributed by atoms with Crippen LogP contribution in [0.1, 0.15) is 11.1 Å². The van der Waals surface area contributed by atoms with E-state index < -0.39 is 11.4 Å². The topological polar surface area (TPSA) is 133 Å². The molecule has 2 aromatic carbocycles. The van der Waals surface area contributed by atoms with Gasteiger partial charge in [0.2, 0.25) is 5.95 Å². The number of benzene rings is 2. The van der Waals surface area contributed by atoms with E-state index in [0.29, 0.717) is 15.6 Å². The van der Waals surface area contributed by atoms with Crippen LogP contribution in [-0.4, -0.2) is 39.4 Å². The zero-order valence-corrected chi connectivity index (χ0v) is 20.1. The molecule has 0 bridgehead atoms. The maximum atomic E-state index is 13.4. The molecule has 0 saturated heterocycles. The molecule has 0 aliphatic carbocycles. The van der Waals surface area contributed by atoms with Crippen molar-refractivity contribution < 1.29 is 0 Å². The molecule has 33 heavy (non-hydrogen) atoms. The third-order valence-corrected chi connectivity index (χ3v) is 6.15. The van der Waals surface area contributed by atoms with Gasteiger partial charge in [0.25, 0.3) is 0 Å². The lowest BCUT2D eigenvalue weighted by Crippen LogP contribution is -2.43. The van der Waals surface area contributed by atoms with Crippen molar-refractivity contribution in [1.82, 2.24) is 14.1 Å². The normalized spacial score (nSPS) is 10.8. The standard InChI is InChI=1S/C21H23Cl2N7O2S/c1-33-15-5-2-13(3-6-15)11-29-19(27-9-8-26-18(24)25)28-20(31)30(21(29)32)12-14-4-7-16(22)17(23)10-14/h2-7,10H,8-9,11-12H2,1H3,(H4,24,25,26)(H,27,28,31). The van der Waals surface area contributed by atoms with Crippen molar-refractivity contribution >= 4 is 46.9 Å². The largest absolute Gasteiger partial charge is 0.370 e. The number of aromatic nitrogens is 3. The van der Waals surface area contributed by atoms with Crippen LogP contribution in [0.4, 0.5) is 5.95 Å². The summed E-state index contributed by atoms with van der Waals surface area (Å²) in [6.07, 6.45) is 1.99. The maximum absolute atomic E-state index is 13.4. The molecule has 0 spiro atoms. The molecular weight excluding hydrogens is 485 g/mol. The number of nitrogens with one attached hydrogen (secondary N) is 1. The van der Waals surface area contributed by atoms with Gasteiger partial charge in [-0.2, -0.15) is 4.98 Å². The number of thioether (sulfide) groups is 1. The fourth-order valence-electron chi connectivity index (χ4n) is 3.03. The summed E-state index contributed by atoms with van der Waals surface area (Å²) in [5, 5.41) is 3.70. The molecule has 0 aliphatic heterocycles. The molecule has 9 nitrogen and oxygen atoms in total. The highest BCUT2D eigenvalue weighted by Gasteiger charge is 2.14. The number of anilines is 1. The molecule has 0 saturated carbocycles. The van der Waals surface area contributed by atoms with E-state index in [0.717, 1.165) is 15.0 Å². The Morgan fingerprint density at radius 2 is 1.70 bits per heavy atom. The SMILES string of the molecule is CSc1ccc(Cn2c(NCCN=C(N)N)nc(=O)n(Cc3ccc(Cl)c(Cl)c3)c2=O)cc1. The van der Waals surface area contributed by atoms with Crippen LogP contribution in [0.15, 0.2) is 61.9 Å². The van der Waals surface area contributed by atoms with Crippen molar-refractivity contribution in [2.45, 2.75) is 18.0 Å². The zero-order valence-electron chi connectivity index (χ0n) is 17.8. The fourth-order valence-corrected chi connectivity index (χ4v) is 3.76. The van der Waals surface area contributed by atoms with Crippen LogP contribution in [0.25, 0.3) is 0 Å². The van der Waals surface area contributed by atoms with Crippen molar-refractivity contribution in [2.24, 2.45) is 16.5 Å². The van der Waals surface area contributed by atoms with Gasteiger partial charge >= 0.3 is 11.4 Å². The summed E-state index contributed by atoms with van der Waals surface area (Å²) < 4.78 is 2.46. The minimum atomic E-state index is -0.690. The molecule has 5 N–H and O–H groups in total. The van der Waals surface area contributed by atoms with E-state index >= 15 is 0 Å². The van der Waals surface area contributed by atoms with E-state index in [-0.39, 0.29) is 38.1 Å². The van der Waals surface area contributed by atoms with Crippen LogP contribution in [0.5, 0.6) is 0 Å². The summed E-state index contributed by atoms with van der Waals surface area (Å²) in [6, 6.07) is 12.7. The van der Waals surface area contributed by atoms with Gasteiger partial charge in [0.1, 0.15) is 0 Å². The minimum absolute atomic E-state index is 0.00124. The van der Waals surface area contributed by atoms with Gasteiger partial charge in [-0.1, -0.05) is 41.4 Å². The number of aliphatic imine (C=N–C) groups is 1. The van der Waals surface area contributed by atoms with E-state index in [1.807, 2.05) is 30.5 Å². The average molecular weight is 508 g/mol. The molecule has 0 radical (unpaired) electrons. The maximum Gasteiger partial charge on any atom is 0.355 e. The van der Waals surface area contributed by atoms with E-state index in [4.69, 9.17) is 34.7 Å². The first-order valence-electron chi connectivity index (χ1n) is 9.86. The fraction of sp³-hybridized carbons (Fsp3) is 0.238. The van der Waals surface area contributed by atoms with Crippen molar-refractivity contribution in [3.8, 4) is 0 Å². The monoisotopic (exact) mass is 507 g/mol. The second kappa shape index (κ2) is 11.3. The van der Waals surface area contributed by atoms with Gasteiger partial charge in [-0.3, -0.25) is 9.56 Å². The average Bonchev–Trinajstić information content (AvgIpc) is 2.79. The van der Waals surface area contributed by atoms with E-state index in [2.05, 4.69) is 15.3 Å². The summed E-state index contributed by atoms with van der Waals surface area (Å²) in [7, 11) is 0. The molecule has 1 heterocycles. The van der Waals surface area contributed by atoms with Crippen molar-refractivity contribution in [3.63, 3.8) is 0 Å². The van der Waals surface area contributed by atoms with Crippen LogP contribution in [0.2, 0.25) is 10.0 Å². The highest BCUT2D eigenvalue weighted by molar-refractivity contribution is 7.98. The Morgan fingerprint density at radius 3 is 2.33 bits per heavy atom. The van der Waals surface area contributed by atoms with E-state index in [9.17, 15) is 9.59 Å². The van der Waals surface area contributed by atoms with Gasteiger partial charge in [0.15, 0.2) is 5.96 Å². The molecule has 1 aromatic heterocycles. The van der Waals surface area contributed by atoms with Crippen LogP contribution in [-0.2, 0) is 13.1 Å². The molecular formula is C21H23Cl2N7O2S. The number of rotatable bonds is 9. The lowest BCUT2D eigenvalue weighted by atomic mass is 10.2. The second-order valence-corrected chi connectivity index (χ2v) is 8.70. The van der Waals surface area contributed by atoms with Crippen molar-refractivity contribution in [3.05, 3.63) is 84.6 Å². The Kier molecular flexibility index (Phi) is 8.43. The summed E-state index contributed by atoms with van der Waals surface area (Å²) in [5.41, 5.74) is 11.0. The summed E-state index contributed by atoms with van der Waals surface area (Å²) >= 11 is 13.7. The minimum Gasteiger partial charge on any atom is -0.370 e. The molecule has 3 rings (SSSR count).